The molecule has 2 aromatic carbocycles. The lowest BCUT2D eigenvalue weighted by molar-refractivity contribution is -0.118. The second-order valence-corrected chi connectivity index (χ2v) is 6.53. The van der Waals surface area contributed by atoms with Crippen molar-refractivity contribution in [3.63, 3.8) is 0 Å². The van der Waals surface area contributed by atoms with Gasteiger partial charge in [0.05, 0.1) is 19.1 Å². The van der Waals surface area contributed by atoms with Crippen LogP contribution in [0.4, 0.5) is 0 Å². The summed E-state index contributed by atoms with van der Waals surface area (Å²) < 4.78 is 7.02. The molecule has 0 bridgehead atoms. The topological polar surface area (TPSA) is 81.4 Å². The van der Waals surface area contributed by atoms with Gasteiger partial charge in [-0.3, -0.25) is 4.79 Å². The summed E-state index contributed by atoms with van der Waals surface area (Å²) in [6.45, 7) is 0. The maximum atomic E-state index is 12.0. The largest absolute Gasteiger partial charge is 0.497 e. The van der Waals surface area contributed by atoms with Crippen LogP contribution in [0.15, 0.2) is 64.9 Å². The van der Waals surface area contributed by atoms with E-state index in [1.807, 2.05) is 66.2 Å². The molecule has 1 amide bonds. The summed E-state index contributed by atoms with van der Waals surface area (Å²) in [7, 11) is 3.48. The number of carbonyl (C=O) groups excluding carboxylic acids is 1. The van der Waals surface area contributed by atoms with Crippen molar-refractivity contribution in [1.82, 2.24) is 20.2 Å². The van der Waals surface area contributed by atoms with Gasteiger partial charge in [-0.2, -0.15) is 5.10 Å². The van der Waals surface area contributed by atoms with Crippen LogP contribution in [0.3, 0.4) is 0 Å². The lowest BCUT2D eigenvalue weighted by atomic mass is 10.2. The molecule has 1 heterocycles. The molecule has 1 N–H and O–H groups in total. The zero-order valence-corrected chi connectivity index (χ0v) is 15.8. The molecule has 0 atom stereocenters. The Labute approximate surface area is 161 Å². The molecular formula is C19H19N5O2S. The smallest absolute Gasteiger partial charge is 0.250 e. The van der Waals surface area contributed by atoms with Crippen LogP contribution in [0.5, 0.6) is 5.75 Å². The minimum Gasteiger partial charge on any atom is -0.497 e. The standard InChI is InChI=1S/C19H19N5O2S/c1-24-18(15-8-4-3-5-9-15)22-23-19(24)27-13-17(25)21-20-12-14-7-6-10-16(11-14)26-2/h3-12H,13H2,1-2H3,(H,21,25). The van der Waals surface area contributed by atoms with Crippen molar-refractivity contribution in [3.05, 3.63) is 60.2 Å². The van der Waals surface area contributed by atoms with Gasteiger partial charge >= 0.3 is 0 Å². The predicted octanol–water partition coefficient (Wildman–Crippen LogP) is 2.73. The summed E-state index contributed by atoms with van der Waals surface area (Å²) in [6.07, 6.45) is 1.57. The van der Waals surface area contributed by atoms with E-state index in [0.29, 0.717) is 5.16 Å². The minimum atomic E-state index is -0.219. The van der Waals surface area contributed by atoms with Crippen molar-refractivity contribution in [2.75, 3.05) is 12.9 Å². The molecule has 3 aromatic rings. The SMILES string of the molecule is COc1cccc(C=NNC(=O)CSc2nnc(-c3ccccc3)n2C)c1. The molecule has 1 aromatic heterocycles. The summed E-state index contributed by atoms with van der Waals surface area (Å²) in [5.41, 5.74) is 4.32. The molecule has 8 heteroatoms. The number of aromatic nitrogens is 3. The van der Waals surface area contributed by atoms with Gasteiger partial charge in [-0.15, -0.1) is 10.2 Å². The normalized spacial score (nSPS) is 10.9. The number of hydrogen-bond donors (Lipinski definition) is 1. The first-order valence-electron chi connectivity index (χ1n) is 8.21. The van der Waals surface area contributed by atoms with Gasteiger partial charge < -0.3 is 9.30 Å². The van der Waals surface area contributed by atoms with Gasteiger partial charge in [0, 0.05) is 12.6 Å². The Bertz CT molecular complexity index is 940. The number of ether oxygens (including phenoxy) is 1. The lowest BCUT2D eigenvalue weighted by Gasteiger charge is -2.03. The van der Waals surface area contributed by atoms with Crippen LogP contribution in [0.1, 0.15) is 5.56 Å². The fraction of sp³-hybridized carbons (Fsp3) is 0.158. The zero-order valence-electron chi connectivity index (χ0n) is 15.0. The van der Waals surface area contributed by atoms with Gasteiger partial charge in [0.1, 0.15) is 5.75 Å². The molecule has 7 nitrogen and oxygen atoms in total. The van der Waals surface area contributed by atoms with Crippen LogP contribution < -0.4 is 10.2 Å². The van der Waals surface area contributed by atoms with Crippen molar-refractivity contribution in [3.8, 4) is 17.1 Å². The Morgan fingerprint density at radius 3 is 2.81 bits per heavy atom. The van der Waals surface area contributed by atoms with Gasteiger partial charge in [0.2, 0.25) is 0 Å². The highest BCUT2D eigenvalue weighted by Crippen LogP contribution is 2.22. The van der Waals surface area contributed by atoms with Crippen LogP contribution in [-0.2, 0) is 11.8 Å². The Morgan fingerprint density at radius 2 is 2.04 bits per heavy atom. The number of thioether (sulfide) groups is 1. The van der Waals surface area contributed by atoms with Gasteiger partial charge in [0.15, 0.2) is 11.0 Å². The quantitative estimate of drug-likeness (QED) is 0.387. The Morgan fingerprint density at radius 1 is 1.22 bits per heavy atom. The first-order chi connectivity index (χ1) is 13.2. The first-order valence-corrected chi connectivity index (χ1v) is 9.19. The molecule has 0 unspecified atom stereocenters. The number of methoxy groups -OCH3 is 1. The molecule has 0 fully saturated rings. The van der Waals surface area contributed by atoms with E-state index in [1.165, 1.54) is 11.8 Å². The molecule has 0 radical (unpaired) electrons. The minimum absolute atomic E-state index is 0.191. The number of rotatable bonds is 7. The molecule has 0 saturated carbocycles. The molecule has 138 valence electrons. The average Bonchev–Trinajstić information content (AvgIpc) is 3.07. The number of hydrazone groups is 1. The van der Waals surface area contributed by atoms with Crippen LogP contribution in [0.2, 0.25) is 0 Å². The summed E-state index contributed by atoms with van der Waals surface area (Å²) in [5, 5.41) is 13.0. The van der Waals surface area contributed by atoms with E-state index < -0.39 is 0 Å². The third-order valence-corrected chi connectivity index (χ3v) is 4.72. The van der Waals surface area contributed by atoms with Gasteiger partial charge in [-0.1, -0.05) is 54.2 Å². The highest BCUT2D eigenvalue weighted by atomic mass is 32.2. The highest BCUT2D eigenvalue weighted by Gasteiger charge is 2.12. The molecule has 0 aliphatic carbocycles. The van der Waals surface area contributed by atoms with Crippen LogP contribution in [0, 0.1) is 0 Å². The summed E-state index contributed by atoms with van der Waals surface area (Å²) in [4.78, 5) is 12.0. The summed E-state index contributed by atoms with van der Waals surface area (Å²) >= 11 is 1.31. The van der Waals surface area contributed by atoms with Crippen molar-refractivity contribution >= 4 is 23.9 Å². The zero-order chi connectivity index (χ0) is 19.1. The number of nitrogens with zero attached hydrogens (tertiary/aromatic N) is 4. The number of hydrogen-bond acceptors (Lipinski definition) is 6. The average molecular weight is 381 g/mol. The monoisotopic (exact) mass is 381 g/mol. The molecule has 0 spiro atoms. The Hall–Kier alpha value is -3.13. The maximum absolute atomic E-state index is 12.0. The second-order valence-electron chi connectivity index (χ2n) is 5.59. The third-order valence-electron chi connectivity index (χ3n) is 3.70. The number of benzene rings is 2. The van der Waals surface area contributed by atoms with Crippen molar-refractivity contribution < 1.29 is 9.53 Å². The van der Waals surface area contributed by atoms with Crippen molar-refractivity contribution in [2.45, 2.75) is 5.16 Å². The lowest BCUT2D eigenvalue weighted by Crippen LogP contribution is -2.19. The van der Waals surface area contributed by atoms with E-state index in [1.54, 1.807) is 13.3 Å². The van der Waals surface area contributed by atoms with Crippen molar-refractivity contribution in [1.29, 1.82) is 0 Å². The van der Waals surface area contributed by atoms with Crippen LogP contribution in [-0.4, -0.2) is 39.7 Å². The summed E-state index contributed by atoms with van der Waals surface area (Å²) in [5.74, 6) is 1.46. The van der Waals surface area contributed by atoms with Gasteiger partial charge in [-0.05, 0) is 17.7 Å². The van der Waals surface area contributed by atoms with E-state index in [0.717, 1.165) is 22.7 Å². The van der Waals surface area contributed by atoms with E-state index >= 15 is 0 Å². The van der Waals surface area contributed by atoms with Crippen LogP contribution >= 0.6 is 11.8 Å². The third kappa shape index (κ3) is 4.95. The number of nitrogens with one attached hydrogen (secondary N) is 1. The summed E-state index contributed by atoms with van der Waals surface area (Å²) in [6, 6.07) is 17.2. The number of amides is 1. The van der Waals surface area contributed by atoms with E-state index in [2.05, 4.69) is 20.7 Å². The molecule has 0 saturated heterocycles. The fourth-order valence-corrected chi connectivity index (χ4v) is 3.05. The van der Waals surface area contributed by atoms with E-state index in [9.17, 15) is 4.79 Å². The second kappa shape index (κ2) is 9.00. The van der Waals surface area contributed by atoms with Gasteiger partial charge in [0.25, 0.3) is 5.91 Å². The Kier molecular flexibility index (Phi) is 6.22. The predicted molar refractivity (Wildman–Crippen MR) is 106 cm³/mol. The van der Waals surface area contributed by atoms with Crippen LogP contribution in [0.25, 0.3) is 11.4 Å². The molecule has 3 rings (SSSR count). The fourth-order valence-electron chi connectivity index (χ4n) is 2.34. The molecule has 0 aliphatic rings. The van der Waals surface area contributed by atoms with Gasteiger partial charge in [-0.25, -0.2) is 5.43 Å². The number of carbonyl (C=O) groups is 1. The maximum Gasteiger partial charge on any atom is 0.250 e. The molecular weight excluding hydrogens is 362 g/mol. The molecule has 0 aliphatic heterocycles. The highest BCUT2D eigenvalue weighted by molar-refractivity contribution is 7.99. The van der Waals surface area contributed by atoms with E-state index in [4.69, 9.17) is 4.74 Å². The molecule has 27 heavy (non-hydrogen) atoms. The van der Waals surface area contributed by atoms with Crippen molar-refractivity contribution in [2.24, 2.45) is 12.1 Å². The van der Waals surface area contributed by atoms with E-state index in [-0.39, 0.29) is 11.7 Å². The first kappa shape index (κ1) is 18.7. The Balaban J connectivity index is 1.54.